The highest BCUT2D eigenvalue weighted by Crippen LogP contribution is 2.14. The minimum Gasteiger partial charge on any atom is -0.379 e. The number of rotatable bonds is 5. The lowest BCUT2D eigenvalue weighted by atomic mass is 10.1. The Bertz CT molecular complexity index is 431. The van der Waals surface area contributed by atoms with Gasteiger partial charge in [-0.25, -0.2) is 0 Å². The molecule has 1 atom stereocenters. The Kier molecular flexibility index (Phi) is 5.16. The third kappa shape index (κ3) is 3.91. The molecule has 1 aromatic heterocycles. The summed E-state index contributed by atoms with van der Waals surface area (Å²) in [5.74, 6) is 0. The summed E-state index contributed by atoms with van der Waals surface area (Å²) >= 11 is 0. The number of ether oxygens (including phenoxy) is 1. The Hall–Kier alpha value is -1.13. The first-order valence-electron chi connectivity index (χ1n) is 7.28. The lowest BCUT2D eigenvalue weighted by molar-refractivity contribution is 0.0771. The minimum absolute atomic E-state index is 0.452. The van der Waals surface area contributed by atoms with Crippen molar-refractivity contribution in [1.82, 2.24) is 15.1 Å². The van der Waals surface area contributed by atoms with Gasteiger partial charge in [0.2, 0.25) is 0 Å². The van der Waals surface area contributed by atoms with Gasteiger partial charge in [0.15, 0.2) is 0 Å². The first-order valence-corrected chi connectivity index (χ1v) is 7.28. The van der Waals surface area contributed by atoms with Gasteiger partial charge in [0, 0.05) is 19.1 Å². The van der Waals surface area contributed by atoms with Crippen LogP contribution in [0, 0.1) is 0 Å². The SMILES string of the molecule is CCc1cc(/C=C(/C)CC2COCCN2)n(CC)n1. The van der Waals surface area contributed by atoms with Crippen LogP contribution < -0.4 is 5.32 Å². The number of nitrogens with zero attached hydrogens (tertiary/aromatic N) is 2. The van der Waals surface area contributed by atoms with E-state index in [1.807, 2.05) is 0 Å². The molecule has 4 nitrogen and oxygen atoms in total. The van der Waals surface area contributed by atoms with Crippen LogP contribution in [0.2, 0.25) is 0 Å². The molecule has 2 heterocycles. The van der Waals surface area contributed by atoms with Gasteiger partial charge in [-0.3, -0.25) is 4.68 Å². The molecule has 0 aliphatic carbocycles. The molecule has 1 aliphatic heterocycles. The van der Waals surface area contributed by atoms with Crippen molar-refractivity contribution in [2.24, 2.45) is 0 Å². The zero-order valence-electron chi connectivity index (χ0n) is 12.3. The lowest BCUT2D eigenvalue weighted by Crippen LogP contribution is -2.41. The smallest absolute Gasteiger partial charge is 0.0628 e. The van der Waals surface area contributed by atoms with Gasteiger partial charge < -0.3 is 10.1 Å². The molecule has 106 valence electrons. The number of aromatic nitrogens is 2. The van der Waals surface area contributed by atoms with Crippen LogP contribution in [0.3, 0.4) is 0 Å². The second kappa shape index (κ2) is 6.87. The maximum Gasteiger partial charge on any atom is 0.0628 e. The number of hydrogen-bond donors (Lipinski definition) is 1. The van der Waals surface area contributed by atoms with Crippen molar-refractivity contribution in [2.75, 3.05) is 19.8 Å². The fourth-order valence-electron chi connectivity index (χ4n) is 2.48. The fraction of sp³-hybridized carbons (Fsp3) is 0.667. The molecule has 0 saturated carbocycles. The van der Waals surface area contributed by atoms with Gasteiger partial charge in [0.25, 0.3) is 0 Å². The molecule has 1 fully saturated rings. The van der Waals surface area contributed by atoms with Crippen molar-refractivity contribution in [3.05, 3.63) is 23.0 Å². The average Bonchev–Trinajstić information content (AvgIpc) is 2.82. The van der Waals surface area contributed by atoms with Crippen LogP contribution in [0.5, 0.6) is 0 Å². The summed E-state index contributed by atoms with van der Waals surface area (Å²) in [7, 11) is 0. The maximum atomic E-state index is 5.49. The average molecular weight is 263 g/mol. The van der Waals surface area contributed by atoms with E-state index in [1.165, 1.54) is 17.0 Å². The molecule has 1 aromatic rings. The Morgan fingerprint density at radius 3 is 3.05 bits per heavy atom. The normalized spacial score (nSPS) is 20.8. The van der Waals surface area contributed by atoms with E-state index in [0.29, 0.717) is 6.04 Å². The third-order valence-electron chi connectivity index (χ3n) is 3.48. The zero-order valence-corrected chi connectivity index (χ0v) is 12.3. The molecule has 2 rings (SSSR count). The van der Waals surface area contributed by atoms with Crippen molar-refractivity contribution in [2.45, 2.75) is 46.2 Å². The molecule has 1 aliphatic rings. The molecule has 0 spiro atoms. The quantitative estimate of drug-likeness (QED) is 0.885. The second-order valence-electron chi connectivity index (χ2n) is 5.15. The van der Waals surface area contributed by atoms with E-state index in [9.17, 15) is 0 Å². The van der Waals surface area contributed by atoms with Crippen LogP contribution in [0.25, 0.3) is 6.08 Å². The number of morpholine rings is 1. The van der Waals surface area contributed by atoms with E-state index in [4.69, 9.17) is 4.74 Å². The second-order valence-corrected chi connectivity index (χ2v) is 5.15. The Morgan fingerprint density at radius 1 is 1.58 bits per heavy atom. The number of aryl methyl sites for hydroxylation is 2. The largest absolute Gasteiger partial charge is 0.379 e. The molecular formula is C15H25N3O. The van der Waals surface area contributed by atoms with Gasteiger partial charge in [-0.1, -0.05) is 12.5 Å². The number of hydrogen-bond acceptors (Lipinski definition) is 3. The summed E-state index contributed by atoms with van der Waals surface area (Å²) in [6.45, 7) is 10.0. The van der Waals surface area contributed by atoms with E-state index < -0.39 is 0 Å². The van der Waals surface area contributed by atoms with Crippen LogP contribution in [-0.4, -0.2) is 35.6 Å². The summed E-state index contributed by atoms with van der Waals surface area (Å²) in [5, 5.41) is 8.07. The van der Waals surface area contributed by atoms with E-state index in [-0.39, 0.29) is 0 Å². The molecule has 1 unspecified atom stereocenters. The van der Waals surface area contributed by atoms with Crippen LogP contribution in [0.1, 0.15) is 38.6 Å². The monoisotopic (exact) mass is 263 g/mol. The minimum atomic E-state index is 0.452. The summed E-state index contributed by atoms with van der Waals surface area (Å²) < 4.78 is 7.57. The summed E-state index contributed by atoms with van der Waals surface area (Å²) in [5.41, 5.74) is 3.76. The zero-order chi connectivity index (χ0) is 13.7. The molecule has 1 saturated heterocycles. The third-order valence-corrected chi connectivity index (χ3v) is 3.48. The standard InChI is InChI=1S/C15H25N3O/c1-4-13-10-15(18(5-2)17-13)9-12(3)8-14-11-19-7-6-16-14/h9-10,14,16H,4-8,11H2,1-3H3/b12-9-. The Balaban J connectivity index is 2.04. The maximum absolute atomic E-state index is 5.49. The van der Waals surface area contributed by atoms with E-state index >= 15 is 0 Å². The van der Waals surface area contributed by atoms with Crippen LogP contribution in [-0.2, 0) is 17.7 Å². The van der Waals surface area contributed by atoms with E-state index in [2.05, 4.69) is 48.0 Å². The summed E-state index contributed by atoms with van der Waals surface area (Å²) in [6, 6.07) is 2.64. The van der Waals surface area contributed by atoms with Gasteiger partial charge >= 0.3 is 0 Å². The number of nitrogens with one attached hydrogen (secondary N) is 1. The van der Waals surface area contributed by atoms with Gasteiger partial charge in [-0.15, -0.1) is 0 Å². The molecular weight excluding hydrogens is 238 g/mol. The Labute approximate surface area is 115 Å². The first kappa shape index (κ1) is 14.3. The van der Waals surface area contributed by atoms with Crippen molar-refractivity contribution in [3.63, 3.8) is 0 Å². The van der Waals surface area contributed by atoms with Crippen LogP contribution in [0.15, 0.2) is 11.6 Å². The van der Waals surface area contributed by atoms with Crippen molar-refractivity contribution in [3.8, 4) is 0 Å². The highest BCUT2D eigenvalue weighted by atomic mass is 16.5. The fourth-order valence-corrected chi connectivity index (χ4v) is 2.48. The van der Waals surface area contributed by atoms with E-state index in [1.54, 1.807) is 0 Å². The highest BCUT2D eigenvalue weighted by molar-refractivity contribution is 5.49. The topological polar surface area (TPSA) is 39.1 Å². The van der Waals surface area contributed by atoms with Crippen LogP contribution in [0.4, 0.5) is 0 Å². The van der Waals surface area contributed by atoms with Gasteiger partial charge in [0.05, 0.1) is 24.6 Å². The molecule has 0 aromatic carbocycles. The summed E-state index contributed by atoms with van der Waals surface area (Å²) in [6.07, 6.45) is 4.28. The molecule has 1 N–H and O–H groups in total. The van der Waals surface area contributed by atoms with Crippen molar-refractivity contribution < 1.29 is 4.74 Å². The molecule has 0 amide bonds. The van der Waals surface area contributed by atoms with Crippen molar-refractivity contribution in [1.29, 1.82) is 0 Å². The molecule has 0 bridgehead atoms. The first-order chi connectivity index (χ1) is 9.22. The van der Waals surface area contributed by atoms with Gasteiger partial charge in [0.1, 0.15) is 0 Å². The predicted octanol–water partition coefficient (Wildman–Crippen LogP) is 2.25. The van der Waals surface area contributed by atoms with Crippen molar-refractivity contribution >= 4 is 6.08 Å². The summed E-state index contributed by atoms with van der Waals surface area (Å²) in [4.78, 5) is 0. The predicted molar refractivity (Wildman–Crippen MR) is 78.2 cm³/mol. The lowest BCUT2D eigenvalue weighted by Gasteiger charge is -2.24. The van der Waals surface area contributed by atoms with Crippen LogP contribution >= 0.6 is 0 Å². The Morgan fingerprint density at radius 2 is 2.42 bits per heavy atom. The molecule has 19 heavy (non-hydrogen) atoms. The molecule has 4 heteroatoms. The van der Waals surface area contributed by atoms with Gasteiger partial charge in [-0.05, 0) is 38.8 Å². The van der Waals surface area contributed by atoms with E-state index in [0.717, 1.165) is 39.1 Å². The van der Waals surface area contributed by atoms with Gasteiger partial charge in [-0.2, -0.15) is 5.10 Å². The highest BCUT2D eigenvalue weighted by Gasteiger charge is 2.13. The molecule has 0 radical (unpaired) electrons.